The van der Waals surface area contributed by atoms with Gasteiger partial charge in [0.25, 0.3) is 0 Å². The van der Waals surface area contributed by atoms with Crippen LogP contribution in [-0.4, -0.2) is 40.8 Å². The van der Waals surface area contributed by atoms with Crippen molar-refractivity contribution in [1.29, 1.82) is 0 Å². The molecule has 1 atom stereocenters. The molecule has 2 aliphatic rings. The highest BCUT2D eigenvalue weighted by atomic mass is 16.6. The van der Waals surface area contributed by atoms with Gasteiger partial charge in [0.05, 0.1) is 12.2 Å². The summed E-state index contributed by atoms with van der Waals surface area (Å²) in [5.41, 5.74) is 0.792. The minimum Gasteiger partial charge on any atom is -0.490 e. The van der Waals surface area contributed by atoms with E-state index in [4.69, 9.17) is 9.47 Å². The maximum Gasteiger partial charge on any atom is 0.410 e. The molecule has 5 heteroatoms. The molecule has 2 fully saturated rings. The Kier molecular flexibility index (Phi) is 8.01. The summed E-state index contributed by atoms with van der Waals surface area (Å²) in [6.07, 6.45) is 14.7. The number of likely N-dealkylation sites (tertiary alicyclic amines) is 1. The van der Waals surface area contributed by atoms with E-state index in [2.05, 4.69) is 18.0 Å². The number of carbonyl (C=O) groups is 1. The van der Waals surface area contributed by atoms with Crippen molar-refractivity contribution in [3.63, 3.8) is 0 Å². The zero-order valence-corrected chi connectivity index (χ0v) is 19.4. The number of hydrogen-bond acceptors (Lipinski definition) is 4. The number of pyridine rings is 1. The van der Waals surface area contributed by atoms with Crippen molar-refractivity contribution in [2.75, 3.05) is 13.2 Å². The van der Waals surface area contributed by atoms with E-state index in [1.165, 1.54) is 44.1 Å². The van der Waals surface area contributed by atoms with Crippen LogP contribution in [0.25, 0.3) is 0 Å². The monoisotopic (exact) mass is 416 g/mol. The van der Waals surface area contributed by atoms with E-state index in [0.29, 0.717) is 6.61 Å². The number of aromatic nitrogens is 1. The number of hydrogen-bond donors (Lipinski definition) is 0. The molecule has 2 heterocycles. The lowest BCUT2D eigenvalue weighted by Gasteiger charge is -2.29. The predicted octanol–water partition coefficient (Wildman–Crippen LogP) is 6.01. The smallest absolute Gasteiger partial charge is 0.410 e. The molecule has 0 bridgehead atoms. The number of rotatable bonds is 7. The molecule has 1 aromatic heterocycles. The minimum absolute atomic E-state index is 0.0670. The molecule has 0 radical (unpaired) electrons. The largest absolute Gasteiger partial charge is 0.490 e. The van der Waals surface area contributed by atoms with Crippen LogP contribution >= 0.6 is 0 Å². The summed E-state index contributed by atoms with van der Waals surface area (Å²) in [5.74, 6) is 2.52. The second-order valence-corrected chi connectivity index (χ2v) is 10.2. The van der Waals surface area contributed by atoms with Crippen LogP contribution < -0.4 is 4.74 Å². The Morgan fingerprint density at radius 1 is 1.13 bits per heavy atom. The number of amides is 1. The molecule has 0 N–H and O–H groups in total. The highest BCUT2D eigenvalue weighted by Gasteiger charge is 2.32. The fraction of sp³-hybridized carbons (Fsp3) is 0.760. The van der Waals surface area contributed by atoms with Gasteiger partial charge >= 0.3 is 6.09 Å². The molecular formula is C25H40N2O3. The Balaban J connectivity index is 1.49. The number of nitrogens with zero attached hydrogens (tertiary/aromatic N) is 2. The Morgan fingerprint density at radius 2 is 1.87 bits per heavy atom. The predicted molar refractivity (Wildman–Crippen MR) is 120 cm³/mol. The summed E-state index contributed by atoms with van der Waals surface area (Å²) in [4.78, 5) is 18.7. The number of carbonyl (C=O) groups excluding carboxylic acids is 1. The van der Waals surface area contributed by atoms with Crippen molar-refractivity contribution in [3.8, 4) is 5.75 Å². The molecule has 5 nitrogen and oxygen atoms in total. The van der Waals surface area contributed by atoms with Crippen molar-refractivity contribution in [3.05, 3.63) is 24.0 Å². The Hall–Kier alpha value is -1.78. The van der Waals surface area contributed by atoms with Crippen LogP contribution in [0, 0.1) is 11.8 Å². The fourth-order valence-corrected chi connectivity index (χ4v) is 4.88. The van der Waals surface area contributed by atoms with Crippen LogP contribution in [0.5, 0.6) is 5.75 Å². The van der Waals surface area contributed by atoms with Gasteiger partial charge in [-0.05, 0) is 76.3 Å². The van der Waals surface area contributed by atoms with Crippen LogP contribution in [0.2, 0.25) is 0 Å². The van der Waals surface area contributed by atoms with Crippen molar-refractivity contribution in [2.45, 2.75) is 97.1 Å². The third kappa shape index (κ3) is 6.88. The van der Waals surface area contributed by atoms with Gasteiger partial charge in [-0.15, -0.1) is 0 Å². The molecule has 1 unspecified atom stereocenters. The quantitative estimate of drug-likeness (QED) is 0.546. The zero-order chi connectivity index (χ0) is 21.6. The van der Waals surface area contributed by atoms with E-state index >= 15 is 0 Å². The lowest BCUT2D eigenvalue weighted by atomic mass is 9.78. The van der Waals surface area contributed by atoms with Crippen LogP contribution in [0.3, 0.4) is 0 Å². The van der Waals surface area contributed by atoms with Crippen LogP contribution in [0.1, 0.15) is 84.6 Å². The summed E-state index contributed by atoms with van der Waals surface area (Å²) in [7, 11) is 0. The van der Waals surface area contributed by atoms with E-state index in [0.717, 1.165) is 43.4 Å². The zero-order valence-electron chi connectivity index (χ0n) is 19.4. The highest BCUT2D eigenvalue weighted by molar-refractivity contribution is 5.69. The van der Waals surface area contributed by atoms with Gasteiger partial charge in [-0.25, -0.2) is 4.79 Å². The third-order valence-corrected chi connectivity index (χ3v) is 6.40. The van der Waals surface area contributed by atoms with E-state index in [9.17, 15) is 4.79 Å². The first-order chi connectivity index (χ1) is 14.3. The Morgan fingerprint density at radius 3 is 2.57 bits per heavy atom. The average molecular weight is 417 g/mol. The van der Waals surface area contributed by atoms with Gasteiger partial charge in [-0.2, -0.15) is 0 Å². The Bertz CT molecular complexity index is 677. The minimum atomic E-state index is -0.473. The van der Waals surface area contributed by atoms with Gasteiger partial charge in [0, 0.05) is 12.7 Å². The molecule has 1 aliphatic carbocycles. The summed E-state index contributed by atoms with van der Waals surface area (Å²) in [6, 6.07) is 2.20. The van der Waals surface area contributed by atoms with Gasteiger partial charge in [-0.3, -0.25) is 4.98 Å². The lowest BCUT2D eigenvalue weighted by molar-refractivity contribution is 0.0187. The molecule has 1 saturated carbocycles. The molecule has 1 saturated heterocycles. The summed E-state index contributed by atoms with van der Waals surface area (Å²) in [6.45, 7) is 9.23. The molecule has 3 rings (SSSR count). The van der Waals surface area contributed by atoms with Crippen molar-refractivity contribution < 1.29 is 14.3 Å². The molecule has 30 heavy (non-hydrogen) atoms. The molecule has 168 valence electrons. The van der Waals surface area contributed by atoms with E-state index in [-0.39, 0.29) is 12.1 Å². The molecule has 0 spiro atoms. The van der Waals surface area contributed by atoms with E-state index in [1.54, 1.807) is 6.20 Å². The summed E-state index contributed by atoms with van der Waals surface area (Å²) >= 11 is 0. The van der Waals surface area contributed by atoms with Gasteiger partial charge in [0.15, 0.2) is 0 Å². The maximum absolute atomic E-state index is 12.5. The maximum atomic E-state index is 12.5. The Labute approximate surface area is 182 Å². The van der Waals surface area contributed by atoms with Crippen molar-refractivity contribution >= 4 is 6.09 Å². The number of ether oxygens (including phenoxy) is 2. The highest BCUT2D eigenvalue weighted by Crippen LogP contribution is 2.33. The van der Waals surface area contributed by atoms with Gasteiger partial charge in [0.1, 0.15) is 18.0 Å². The lowest BCUT2D eigenvalue weighted by Crippen LogP contribution is -2.42. The molecule has 1 amide bonds. The first-order valence-corrected chi connectivity index (χ1v) is 11.9. The van der Waals surface area contributed by atoms with Gasteiger partial charge in [-0.1, -0.05) is 32.6 Å². The fourth-order valence-electron chi connectivity index (χ4n) is 4.88. The van der Waals surface area contributed by atoms with Gasteiger partial charge < -0.3 is 14.4 Å². The first-order valence-electron chi connectivity index (χ1n) is 11.9. The molecule has 1 aromatic rings. The molecule has 1 aliphatic heterocycles. The van der Waals surface area contributed by atoms with Crippen LogP contribution in [-0.2, 0) is 11.2 Å². The first kappa shape index (κ1) is 22.9. The van der Waals surface area contributed by atoms with Crippen LogP contribution in [0.4, 0.5) is 4.79 Å². The summed E-state index contributed by atoms with van der Waals surface area (Å²) < 4.78 is 11.6. The van der Waals surface area contributed by atoms with E-state index < -0.39 is 5.60 Å². The second kappa shape index (κ2) is 10.5. The third-order valence-electron chi connectivity index (χ3n) is 6.40. The summed E-state index contributed by atoms with van der Waals surface area (Å²) in [5, 5.41) is 0. The molecule has 0 aromatic carbocycles. The molecular weight excluding hydrogens is 376 g/mol. The van der Waals surface area contributed by atoms with Crippen LogP contribution in [0.15, 0.2) is 18.5 Å². The average Bonchev–Trinajstić information content (AvgIpc) is 3.16. The normalized spacial score (nSPS) is 24.7. The van der Waals surface area contributed by atoms with Crippen molar-refractivity contribution in [1.82, 2.24) is 9.88 Å². The standard InChI is InChI=1S/C25H40N2O3/c1-5-7-19-9-11-20(12-10-19)14-21-15-23(17-26-16-21)29-18-22-8-6-13-27(22)24(28)30-25(2,3)4/h15-17,19-20,22H,5-14,18H2,1-4H3. The van der Waals surface area contributed by atoms with Crippen molar-refractivity contribution in [2.24, 2.45) is 11.8 Å². The van der Waals surface area contributed by atoms with Gasteiger partial charge in [0.2, 0.25) is 0 Å². The topological polar surface area (TPSA) is 51.7 Å². The van der Waals surface area contributed by atoms with E-state index in [1.807, 2.05) is 31.9 Å². The second-order valence-electron chi connectivity index (χ2n) is 10.2. The SMILES string of the molecule is CCCC1CCC(Cc2cncc(OCC3CCCN3C(=O)OC(C)(C)C)c2)CC1.